The summed E-state index contributed by atoms with van der Waals surface area (Å²) in [4.78, 5) is 24.9. The first-order valence-electron chi connectivity index (χ1n) is 11.2. The molecule has 1 saturated heterocycles. The molecule has 5 rings (SSSR count). The van der Waals surface area contributed by atoms with Crippen molar-refractivity contribution in [1.29, 1.82) is 0 Å². The fourth-order valence-corrected chi connectivity index (χ4v) is 4.74. The van der Waals surface area contributed by atoms with Crippen molar-refractivity contribution in [2.45, 2.75) is 19.5 Å². The van der Waals surface area contributed by atoms with Crippen LogP contribution in [0.2, 0.25) is 0 Å². The Labute approximate surface area is 197 Å². The van der Waals surface area contributed by atoms with E-state index in [1.54, 1.807) is 5.51 Å². The number of rotatable bonds is 7. The van der Waals surface area contributed by atoms with Gasteiger partial charge in [-0.15, -0.1) is 11.3 Å². The molecule has 1 fully saturated rings. The maximum Gasteiger partial charge on any atom is 0.240 e. The molecule has 33 heavy (non-hydrogen) atoms. The van der Waals surface area contributed by atoms with Crippen LogP contribution in [-0.2, 0) is 16.1 Å². The molecule has 170 valence electrons. The van der Waals surface area contributed by atoms with E-state index in [0.717, 1.165) is 55.1 Å². The Morgan fingerprint density at radius 3 is 2.70 bits per heavy atom. The van der Waals surface area contributed by atoms with E-state index < -0.39 is 0 Å². The summed E-state index contributed by atoms with van der Waals surface area (Å²) < 4.78 is 7.46. The summed E-state index contributed by atoms with van der Waals surface area (Å²) in [5, 5.41) is 5.25. The first-order chi connectivity index (χ1) is 16.2. The lowest BCUT2D eigenvalue weighted by atomic mass is 10.0. The first kappa shape index (κ1) is 21.8. The van der Waals surface area contributed by atoms with Crippen LogP contribution in [0.4, 0.5) is 0 Å². The fourth-order valence-electron chi connectivity index (χ4n) is 4.21. The van der Waals surface area contributed by atoms with Crippen molar-refractivity contribution in [3.8, 4) is 11.5 Å². The molecule has 0 aliphatic carbocycles. The molecule has 4 aromatic rings. The predicted molar refractivity (Wildman–Crippen MR) is 130 cm³/mol. The molecule has 1 aliphatic rings. The van der Waals surface area contributed by atoms with Gasteiger partial charge in [0.25, 0.3) is 0 Å². The summed E-state index contributed by atoms with van der Waals surface area (Å²) in [7, 11) is 0. The number of para-hydroxylation sites is 2. The molecule has 3 heterocycles. The zero-order valence-corrected chi connectivity index (χ0v) is 19.4. The minimum absolute atomic E-state index is 0.0477. The second-order valence-corrected chi connectivity index (χ2v) is 9.05. The number of imidazole rings is 1. The number of fused-ring (bicyclic) bond motifs is 1. The van der Waals surface area contributed by atoms with Crippen LogP contribution >= 0.6 is 11.3 Å². The Bertz CT molecular complexity index is 1210. The smallest absolute Gasteiger partial charge is 0.240 e. The Kier molecular flexibility index (Phi) is 6.48. The highest BCUT2D eigenvalue weighted by molar-refractivity contribution is 7.07. The monoisotopic (exact) mass is 461 g/mol. The largest absolute Gasteiger partial charge is 0.379 e. The Morgan fingerprint density at radius 2 is 1.94 bits per heavy atom. The number of ether oxygens (including phenoxy) is 1. The van der Waals surface area contributed by atoms with Gasteiger partial charge in [-0.25, -0.2) is 9.97 Å². The molecule has 0 unspecified atom stereocenters. The maximum atomic E-state index is 13.3. The van der Waals surface area contributed by atoms with Crippen molar-refractivity contribution in [3.05, 3.63) is 70.5 Å². The molecule has 1 amide bonds. The van der Waals surface area contributed by atoms with Crippen molar-refractivity contribution >= 4 is 28.3 Å². The molecule has 8 heteroatoms. The van der Waals surface area contributed by atoms with Gasteiger partial charge in [0.2, 0.25) is 5.91 Å². The summed E-state index contributed by atoms with van der Waals surface area (Å²) >= 11 is 1.52. The number of aromatic nitrogens is 3. The summed E-state index contributed by atoms with van der Waals surface area (Å²) in [6.07, 6.45) is 0. The molecule has 2 aromatic heterocycles. The van der Waals surface area contributed by atoms with E-state index in [2.05, 4.69) is 46.4 Å². The Hall–Kier alpha value is -3.07. The molecule has 0 spiro atoms. The number of nitrogens with zero attached hydrogens (tertiary/aromatic N) is 4. The number of amides is 1. The van der Waals surface area contributed by atoms with Gasteiger partial charge in [-0.2, -0.15) is 0 Å². The highest BCUT2D eigenvalue weighted by Crippen LogP contribution is 2.25. The van der Waals surface area contributed by atoms with E-state index >= 15 is 0 Å². The van der Waals surface area contributed by atoms with E-state index in [-0.39, 0.29) is 18.5 Å². The number of morpholine rings is 1. The van der Waals surface area contributed by atoms with Crippen LogP contribution in [0.15, 0.2) is 59.4 Å². The molecular formula is C25H27N5O2S. The summed E-state index contributed by atoms with van der Waals surface area (Å²) in [5.74, 6) is 0.668. The molecule has 2 aromatic carbocycles. The van der Waals surface area contributed by atoms with Crippen LogP contribution in [0.3, 0.4) is 0 Å². The topological polar surface area (TPSA) is 72.3 Å². The molecule has 1 aliphatic heterocycles. The summed E-state index contributed by atoms with van der Waals surface area (Å²) in [6, 6.07) is 16.2. The highest BCUT2D eigenvalue weighted by atomic mass is 32.1. The van der Waals surface area contributed by atoms with Crippen molar-refractivity contribution in [2.75, 3.05) is 32.8 Å². The molecule has 1 N–H and O–H groups in total. The van der Waals surface area contributed by atoms with Crippen molar-refractivity contribution < 1.29 is 9.53 Å². The summed E-state index contributed by atoms with van der Waals surface area (Å²) in [6.45, 7) is 6.21. The fraction of sp³-hybridized carbons (Fsp3) is 0.320. The van der Waals surface area contributed by atoms with Crippen molar-refractivity contribution in [1.82, 2.24) is 24.8 Å². The Morgan fingerprint density at radius 1 is 1.15 bits per heavy atom. The molecular weight excluding hydrogens is 434 g/mol. The van der Waals surface area contributed by atoms with Crippen LogP contribution in [0, 0.1) is 6.92 Å². The zero-order chi connectivity index (χ0) is 22.6. The minimum Gasteiger partial charge on any atom is -0.379 e. The van der Waals surface area contributed by atoms with Gasteiger partial charge in [0.05, 0.1) is 35.8 Å². The van der Waals surface area contributed by atoms with Gasteiger partial charge in [-0.3, -0.25) is 9.69 Å². The standard InChI is InChI=1S/C25H27N5O2S/c1-18-6-8-19(9-7-18)21(14-29-10-12-32-13-11-29)27-24(31)15-30-23-5-3-2-4-20(23)28-25(30)22-16-33-17-26-22/h2-9,16-17,21H,10-15H2,1H3,(H,27,31)/t21-/m1/s1. The third-order valence-corrected chi connectivity index (χ3v) is 6.56. The molecule has 7 nitrogen and oxygen atoms in total. The van der Waals surface area contributed by atoms with E-state index in [1.807, 2.05) is 34.2 Å². The average molecular weight is 462 g/mol. The lowest BCUT2D eigenvalue weighted by Gasteiger charge is -2.31. The van der Waals surface area contributed by atoms with Gasteiger partial charge in [-0.05, 0) is 24.6 Å². The third-order valence-electron chi connectivity index (χ3n) is 5.98. The van der Waals surface area contributed by atoms with E-state index in [4.69, 9.17) is 9.72 Å². The molecule has 0 bridgehead atoms. The maximum absolute atomic E-state index is 13.3. The van der Waals surface area contributed by atoms with Gasteiger partial charge in [0.15, 0.2) is 5.82 Å². The van der Waals surface area contributed by atoms with Crippen LogP contribution in [0.1, 0.15) is 17.2 Å². The molecule has 0 radical (unpaired) electrons. The number of nitrogens with one attached hydrogen (secondary N) is 1. The number of hydrogen-bond acceptors (Lipinski definition) is 6. The number of aryl methyl sites for hydroxylation is 1. The number of benzene rings is 2. The highest BCUT2D eigenvalue weighted by Gasteiger charge is 2.22. The van der Waals surface area contributed by atoms with Crippen molar-refractivity contribution in [3.63, 3.8) is 0 Å². The number of thiazole rings is 1. The average Bonchev–Trinajstić information content (AvgIpc) is 3.48. The zero-order valence-electron chi connectivity index (χ0n) is 18.6. The lowest BCUT2D eigenvalue weighted by Crippen LogP contribution is -2.43. The third kappa shape index (κ3) is 4.98. The first-order valence-corrected chi connectivity index (χ1v) is 12.1. The van der Waals surface area contributed by atoms with Crippen LogP contribution < -0.4 is 5.32 Å². The van der Waals surface area contributed by atoms with Crippen LogP contribution in [-0.4, -0.2) is 58.2 Å². The van der Waals surface area contributed by atoms with Gasteiger partial charge in [-0.1, -0.05) is 42.0 Å². The predicted octanol–water partition coefficient (Wildman–Crippen LogP) is 3.66. The quantitative estimate of drug-likeness (QED) is 0.455. The Balaban J connectivity index is 1.40. The normalized spacial score (nSPS) is 15.5. The number of carbonyl (C=O) groups is 1. The summed E-state index contributed by atoms with van der Waals surface area (Å²) in [5.41, 5.74) is 6.66. The minimum atomic E-state index is -0.103. The van der Waals surface area contributed by atoms with Gasteiger partial charge in [0.1, 0.15) is 12.2 Å². The number of carbonyl (C=O) groups excluding carboxylic acids is 1. The van der Waals surface area contributed by atoms with E-state index in [1.165, 1.54) is 16.9 Å². The second kappa shape index (κ2) is 9.82. The van der Waals surface area contributed by atoms with Gasteiger partial charge >= 0.3 is 0 Å². The van der Waals surface area contributed by atoms with Gasteiger partial charge in [0, 0.05) is 25.0 Å². The second-order valence-electron chi connectivity index (χ2n) is 8.33. The lowest BCUT2D eigenvalue weighted by molar-refractivity contribution is -0.122. The van der Waals surface area contributed by atoms with Crippen LogP contribution in [0.25, 0.3) is 22.6 Å². The van der Waals surface area contributed by atoms with Gasteiger partial charge < -0.3 is 14.6 Å². The SMILES string of the molecule is Cc1ccc([C@@H](CN2CCOCC2)NC(=O)Cn2c(-c3cscn3)nc3ccccc32)cc1. The molecule has 0 saturated carbocycles. The van der Waals surface area contributed by atoms with E-state index in [9.17, 15) is 4.79 Å². The van der Waals surface area contributed by atoms with Crippen molar-refractivity contribution in [2.24, 2.45) is 0 Å². The van der Waals surface area contributed by atoms with Crippen LogP contribution in [0.5, 0.6) is 0 Å². The number of hydrogen-bond donors (Lipinski definition) is 1. The van der Waals surface area contributed by atoms with E-state index in [0.29, 0.717) is 5.82 Å². The molecule has 1 atom stereocenters.